The molecule has 0 unspecified atom stereocenters. The summed E-state index contributed by atoms with van der Waals surface area (Å²) in [5, 5.41) is 0. The van der Waals surface area contributed by atoms with Gasteiger partial charge in [0.05, 0.1) is 20.1 Å². The molecule has 0 spiro atoms. The molecule has 0 heterocycles. The van der Waals surface area contributed by atoms with E-state index in [1.165, 1.54) is 12.0 Å². The molecule has 0 fully saturated rings. The van der Waals surface area contributed by atoms with Crippen molar-refractivity contribution in [1.82, 2.24) is 4.90 Å². The first-order valence-electron chi connectivity index (χ1n) is 7.42. The number of carbonyl (C=O) groups is 2. The first-order chi connectivity index (χ1) is 11.1. The Hall–Kier alpha value is -2.50. The fourth-order valence-corrected chi connectivity index (χ4v) is 1.90. The van der Waals surface area contributed by atoms with Gasteiger partial charge in [-0.15, -0.1) is 6.58 Å². The largest absolute Gasteiger partial charge is 0.493 e. The Morgan fingerprint density at radius 1 is 1.26 bits per heavy atom. The van der Waals surface area contributed by atoms with E-state index in [1.54, 1.807) is 31.2 Å². The molecule has 23 heavy (non-hydrogen) atoms. The quantitative estimate of drug-likeness (QED) is 0.487. The number of para-hydroxylation sites is 2. The summed E-state index contributed by atoms with van der Waals surface area (Å²) in [6.07, 6.45) is 1.74. The summed E-state index contributed by atoms with van der Waals surface area (Å²) in [5.74, 6) is 0.481. The normalized spacial score (nSPS) is 9.83. The lowest BCUT2D eigenvalue weighted by atomic mass is 10.3. The van der Waals surface area contributed by atoms with Gasteiger partial charge >= 0.3 is 5.97 Å². The summed E-state index contributed by atoms with van der Waals surface area (Å²) in [7, 11) is 1.54. The van der Waals surface area contributed by atoms with Crippen LogP contribution in [0.1, 0.15) is 13.3 Å². The van der Waals surface area contributed by atoms with Gasteiger partial charge in [0.1, 0.15) is 0 Å². The molecule has 0 saturated heterocycles. The number of hydrogen-bond donors (Lipinski definition) is 0. The zero-order valence-corrected chi connectivity index (χ0v) is 13.6. The zero-order chi connectivity index (χ0) is 17.1. The third-order valence-electron chi connectivity index (χ3n) is 3.01. The Labute approximate surface area is 136 Å². The fraction of sp³-hybridized carbons (Fsp3) is 0.412. The van der Waals surface area contributed by atoms with Gasteiger partial charge in [-0.1, -0.05) is 18.2 Å². The number of amides is 1. The van der Waals surface area contributed by atoms with Crippen molar-refractivity contribution in [3.63, 3.8) is 0 Å². The van der Waals surface area contributed by atoms with Gasteiger partial charge in [0.2, 0.25) is 0 Å². The highest BCUT2D eigenvalue weighted by molar-refractivity contribution is 5.79. The van der Waals surface area contributed by atoms with Crippen molar-refractivity contribution in [2.75, 3.05) is 33.4 Å². The van der Waals surface area contributed by atoms with E-state index in [9.17, 15) is 9.59 Å². The van der Waals surface area contributed by atoms with Crippen molar-refractivity contribution in [1.29, 1.82) is 0 Å². The molecular weight excluding hydrogens is 298 g/mol. The van der Waals surface area contributed by atoms with Crippen LogP contribution in [0.4, 0.5) is 0 Å². The van der Waals surface area contributed by atoms with Crippen LogP contribution in [0.25, 0.3) is 0 Å². The lowest BCUT2D eigenvalue weighted by molar-refractivity contribution is -0.144. The molecule has 0 aliphatic carbocycles. The van der Waals surface area contributed by atoms with Gasteiger partial charge in [0.25, 0.3) is 5.91 Å². The zero-order valence-electron chi connectivity index (χ0n) is 13.6. The van der Waals surface area contributed by atoms with Gasteiger partial charge < -0.3 is 19.1 Å². The summed E-state index contributed by atoms with van der Waals surface area (Å²) in [5.41, 5.74) is 0. The second-order valence-electron chi connectivity index (χ2n) is 4.62. The number of benzene rings is 1. The molecule has 126 valence electrons. The molecule has 0 aliphatic rings. The average molecular weight is 321 g/mol. The number of esters is 1. The van der Waals surface area contributed by atoms with E-state index in [4.69, 9.17) is 14.2 Å². The van der Waals surface area contributed by atoms with Crippen LogP contribution in [0, 0.1) is 0 Å². The third kappa shape index (κ3) is 6.42. The molecule has 1 aromatic carbocycles. The second-order valence-corrected chi connectivity index (χ2v) is 4.62. The maximum Gasteiger partial charge on any atom is 0.307 e. The van der Waals surface area contributed by atoms with E-state index in [2.05, 4.69) is 6.58 Å². The van der Waals surface area contributed by atoms with E-state index >= 15 is 0 Å². The van der Waals surface area contributed by atoms with Gasteiger partial charge in [-0.2, -0.15) is 0 Å². The first-order valence-corrected chi connectivity index (χ1v) is 7.42. The van der Waals surface area contributed by atoms with Crippen molar-refractivity contribution >= 4 is 11.9 Å². The minimum absolute atomic E-state index is 0.141. The molecule has 0 aliphatic heterocycles. The molecule has 1 aromatic rings. The minimum Gasteiger partial charge on any atom is -0.493 e. The number of hydrogen-bond acceptors (Lipinski definition) is 5. The van der Waals surface area contributed by atoms with Gasteiger partial charge in [-0.3, -0.25) is 9.59 Å². The SMILES string of the molecule is C=CCN(CCC(=O)OCC)C(=O)COc1ccccc1OC. The van der Waals surface area contributed by atoms with Crippen LogP contribution in [0.5, 0.6) is 11.5 Å². The number of rotatable bonds is 10. The molecule has 0 bridgehead atoms. The highest BCUT2D eigenvalue weighted by atomic mass is 16.5. The standard InChI is InChI=1S/C17H23NO5/c1-4-11-18(12-10-17(20)22-5-2)16(19)13-23-15-9-7-6-8-14(15)21-3/h4,6-9H,1,5,10-13H2,2-3H3. The molecule has 6 nitrogen and oxygen atoms in total. The molecule has 1 amide bonds. The Morgan fingerprint density at radius 2 is 1.96 bits per heavy atom. The molecule has 0 saturated carbocycles. The molecule has 0 N–H and O–H groups in total. The monoisotopic (exact) mass is 321 g/mol. The van der Waals surface area contributed by atoms with Crippen LogP contribution in [-0.4, -0.2) is 50.2 Å². The van der Waals surface area contributed by atoms with Crippen molar-refractivity contribution in [2.24, 2.45) is 0 Å². The number of carbonyl (C=O) groups excluding carboxylic acids is 2. The maximum atomic E-state index is 12.2. The molecule has 0 atom stereocenters. The van der Waals surface area contributed by atoms with Crippen LogP contribution >= 0.6 is 0 Å². The highest BCUT2D eigenvalue weighted by Crippen LogP contribution is 2.25. The van der Waals surface area contributed by atoms with Gasteiger partial charge in [0.15, 0.2) is 18.1 Å². The average Bonchev–Trinajstić information content (AvgIpc) is 2.56. The van der Waals surface area contributed by atoms with E-state index in [0.717, 1.165) is 0 Å². The lowest BCUT2D eigenvalue weighted by Crippen LogP contribution is -2.36. The van der Waals surface area contributed by atoms with E-state index in [0.29, 0.717) is 24.7 Å². The molecule has 0 aromatic heterocycles. The summed E-state index contributed by atoms with van der Waals surface area (Å²) in [4.78, 5) is 25.1. The molecule has 6 heteroatoms. The van der Waals surface area contributed by atoms with Gasteiger partial charge in [-0.05, 0) is 19.1 Å². The Balaban J connectivity index is 2.56. The maximum absolute atomic E-state index is 12.2. The fourth-order valence-electron chi connectivity index (χ4n) is 1.90. The summed E-state index contributed by atoms with van der Waals surface area (Å²) in [6, 6.07) is 7.09. The van der Waals surface area contributed by atoms with Crippen LogP contribution in [-0.2, 0) is 14.3 Å². The van der Waals surface area contributed by atoms with Gasteiger partial charge in [0, 0.05) is 13.1 Å². The summed E-state index contributed by atoms with van der Waals surface area (Å²) in [6.45, 7) is 6.15. The van der Waals surface area contributed by atoms with E-state index in [-0.39, 0.29) is 31.4 Å². The van der Waals surface area contributed by atoms with Crippen LogP contribution < -0.4 is 9.47 Å². The minimum atomic E-state index is -0.333. The Morgan fingerprint density at radius 3 is 2.57 bits per heavy atom. The predicted molar refractivity (Wildman–Crippen MR) is 86.5 cm³/mol. The van der Waals surface area contributed by atoms with Gasteiger partial charge in [-0.25, -0.2) is 0 Å². The highest BCUT2D eigenvalue weighted by Gasteiger charge is 2.15. The Bertz CT molecular complexity index is 529. The molecule has 1 rings (SSSR count). The number of methoxy groups -OCH3 is 1. The van der Waals surface area contributed by atoms with Crippen LogP contribution in [0.3, 0.4) is 0 Å². The molecular formula is C17H23NO5. The predicted octanol–water partition coefficient (Wildman–Crippen LogP) is 2.04. The van der Waals surface area contributed by atoms with Crippen LogP contribution in [0.2, 0.25) is 0 Å². The topological polar surface area (TPSA) is 65.1 Å². The van der Waals surface area contributed by atoms with Crippen LogP contribution in [0.15, 0.2) is 36.9 Å². The summed E-state index contributed by atoms with van der Waals surface area (Å²) >= 11 is 0. The van der Waals surface area contributed by atoms with E-state index < -0.39 is 0 Å². The summed E-state index contributed by atoms with van der Waals surface area (Å²) < 4.78 is 15.5. The van der Waals surface area contributed by atoms with Crippen molar-refractivity contribution < 1.29 is 23.8 Å². The Kier molecular flexibility index (Phi) is 8.28. The molecule has 0 radical (unpaired) electrons. The van der Waals surface area contributed by atoms with Crippen molar-refractivity contribution in [3.8, 4) is 11.5 Å². The third-order valence-corrected chi connectivity index (χ3v) is 3.01. The second kappa shape index (κ2) is 10.3. The smallest absolute Gasteiger partial charge is 0.307 e. The first kappa shape index (κ1) is 18.5. The number of ether oxygens (including phenoxy) is 3. The van der Waals surface area contributed by atoms with Crippen molar-refractivity contribution in [2.45, 2.75) is 13.3 Å². The number of nitrogens with zero attached hydrogens (tertiary/aromatic N) is 1. The lowest BCUT2D eigenvalue weighted by Gasteiger charge is -2.21. The van der Waals surface area contributed by atoms with E-state index in [1.807, 2.05) is 6.07 Å². The van der Waals surface area contributed by atoms with Crippen molar-refractivity contribution in [3.05, 3.63) is 36.9 Å².